The summed E-state index contributed by atoms with van der Waals surface area (Å²) >= 11 is 0. The molecule has 5 heteroatoms. The fourth-order valence-electron chi connectivity index (χ4n) is 1.03. The van der Waals surface area contributed by atoms with Crippen molar-refractivity contribution >= 4 is 8.60 Å². The van der Waals surface area contributed by atoms with Crippen LogP contribution in [0.1, 0.15) is 19.8 Å². The highest BCUT2D eigenvalue weighted by Crippen LogP contribution is 2.29. The highest BCUT2D eigenvalue weighted by molar-refractivity contribution is 7.39. The highest BCUT2D eigenvalue weighted by Gasteiger charge is 2.02. The minimum atomic E-state index is -2.34. The van der Waals surface area contributed by atoms with E-state index >= 15 is 0 Å². The second-order valence-electron chi connectivity index (χ2n) is 3.02. The molecule has 0 fully saturated rings. The molecule has 84 valence electrons. The number of unbranched alkanes of at least 4 members (excludes halogenated alkanes) is 1. The van der Waals surface area contributed by atoms with Gasteiger partial charge in [0.25, 0.3) is 0 Å². The summed E-state index contributed by atoms with van der Waals surface area (Å²) in [5, 5.41) is 0. The zero-order chi connectivity index (χ0) is 11.1. The van der Waals surface area contributed by atoms with Crippen molar-refractivity contribution in [3.8, 4) is 11.5 Å². The van der Waals surface area contributed by atoms with E-state index in [4.69, 9.17) is 19.0 Å². The fourth-order valence-corrected chi connectivity index (χ4v) is 1.34. The molecular weight excluding hydrogens is 215 g/mol. The van der Waals surface area contributed by atoms with Crippen LogP contribution < -0.4 is 9.26 Å². The maximum absolute atomic E-state index is 8.62. The number of hydrogen-bond acceptors (Lipinski definition) is 4. The molecule has 4 nitrogen and oxygen atoms in total. The van der Waals surface area contributed by atoms with Crippen LogP contribution in [0.25, 0.3) is 0 Å². The molecule has 0 aliphatic heterocycles. The first kappa shape index (κ1) is 12.2. The topological polar surface area (TPSA) is 58.9 Å². The van der Waals surface area contributed by atoms with Crippen LogP contribution in [-0.4, -0.2) is 16.4 Å². The van der Waals surface area contributed by atoms with Crippen LogP contribution in [0.5, 0.6) is 11.5 Å². The van der Waals surface area contributed by atoms with E-state index in [2.05, 4.69) is 6.92 Å². The molecule has 0 saturated heterocycles. The highest BCUT2D eigenvalue weighted by atomic mass is 31.2. The fraction of sp³-hybridized carbons (Fsp3) is 0.400. The van der Waals surface area contributed by atoms with Gasteiger partial charge in [0.1, 0.15) is 11.5 Å². The van der Waals surface area contributed by atoms with Crippen LogP contribution in [-0.2, 0) is 0 Å². The van der Waals surface area contributed by atoms with Crippen molar-refractivity contribution in [2.75, 3.05) is 6.61 Å². The van der Waals surface area contributed by atoms with Gasteiger partial charge in [-0.2, -0.15) is 0 Å². The van der Waals surface area contributed by atoms with Crippen molar-refractivity contribution in [1.29, 1.82) is 0 Å². The summed E-state index contributed by atoms with van der Waals surface area (Å²) < 4.78 is 10.1. The van der Waals surface area contributed by atoms with Crippen LogP contribution in [0, 0.1) is 0 Å². The lowest BCUT2D eigenvalue weighted by Gasteiger charge is -2.07. The van der Waals surface area contributed by atoms with Crippen molar-refractivity contribution in [2.45, 2.75) is 19.8 Å². The minimum Gasteiger partial charge on any atom is -0.494 e. The van der Waals surface area contributed by atoms with Gasteiger partial charge in [-0.1, -0.05) is 13.3 Å². The second-order valence-corrected chi connectivity index (χ2v) is 3.71. The molecule has 0 saturated carbocycles. The van der Waals surface area contributed by atoms with Gasteiger partial charge in [-0.05, 0) is 30.7 Å². The molecule has 1 aromatic carbocycles. The molecule has 0 unspecified atom stereocenters. The molecule has 15 heavy (non-hydrogen) atoms. The number of benzene rings is 1. The first-order valence-electron chi connectivity index (χ1n) is 4.81. The Bertz CT molecular complexity index is 273. The Morgan fingerprint density at radius 1 is 1.13 bits per heavy atom. The van der Waals surface area contributed by atoms with Gasteiger partial charge in [0, 0.05) is 0 Å². The van der Waals surface area contributed by atoms with Crippen LogP contribution in [0.15, 0.2) is 24.3 Å². The Morgan fingerprint density at radius 3 is 2.27 bits per heavy atom. The Balaban J connectivity index is 2.42. The Labute approximate surface area is 90.5 Å². The second kappa shape index (κ2) is 6.62. The van der Waals surface area contributed by atoms with Crippen molar-refractivity contribution in [3.05, 3.63) is 24.3 Å². The maximum Gasteiger partial charge on any atom is 0.391 e. The van der Waals surface area contributed by atoms with Crippen molar-refractivity contribution in [3.63, 3.8) is 0 Å². The van der Waals surface area contributed by atoms with Crippen molar-refractivity contribution in [1.82, 2.24) is 0 Å². The quantitative estimate of drug-likeness (QED) is 0.582. The van der Waals surface area contributed by atoms with Gasteiger partial charge in [0.2, 0.25) is 0 Å². The van der Waals surface area contributed by atoms with E-state index in [9.17, 15) is 0 Å². The average molecular weight is 230 g/mol. The normalized spacial score (nSPS) is 10.4. The monoisotopic (exact) mass is 230 g/mol. The Morgan fingerprint density at radius 2 is 1.73 bits per heavy atom. The summed E-state index contributed by atoms with van der Waals surface area (Å²) in [6.45, 7) is 2.80. The number of ether oxygens (including phenoxy) is 1. The number of rotatable bonds is 6. The molecule has 0 atom stereocenters. The lowest BCUT2D eigenvalue weighted by Crippen LogP contribution is -1.96. The van der Waals surface area contributed by atoms with Crippen molar-refractivity contribution < 1.29 is 19.0 Å². The van der Waals surface area contributed by atoms with E-state index < -0.39 is 8.60 Å². The molecule has 0 aliphatic rings. The summed E-state index contributed by atoms with van der Waals surface area (Å²) in [5.41, 5.74) is 0. The third-order valence-corrected chi connectivity index (χ3v) is 2.15. The molecule has 0 aromatic heterocycles. The van der Waals surface area contributed by atoms with Gasteiger partial charge < -0.3 is 19.0 Å². The van der Waals surface area contributed by atoms with E-state index in [0.717, 1.165) is 18.6 Å². The van der Waals surface area contributed by atoms with Gasteiger partial charge in [0.15, 0.2) is 0 Å². The van der Waals surface area contributed by atoms with E-state index in [1.807, 2.05) is 0 Å². The smallest absolute Gasteiger partial charge is 0.391 e. The molecule has 1 aromatic rings. The van der Waals surface area contributed by atoms with Gasteiger partial charge in [-0.25, -0.2) is 0 Å². The molecule has 0 heterocycles. The van der Waals surface area contributed by atoms with E-state index in [1.165, 1.54) is 0 Å². The maximum atomic E-state index is 8.62. The van der Waals surface area contributed by atoms with Crippen molar-refractivity contribution in [2.24, 2.45) is 0 Å². The minimum absolute atomic E-state index is 0.425. The summed E-state index contributed by atoms with van der Waals surface area (Å²) in [7, 11) is -2.34. The Kier molecular flexibility index (Phi) is 5.40. The average Bonchev–Trinajstić information content (AvgIpc) is 2.20. The van der Waals surface area contributed by atoms with Crippen LogP contribution >= 0.6 is 8.60 Å². The van der Waals surface area contributed by atoms with Crippen LogP contribution in [0.2, 0.25) is 0 Å². The van der Waals surface area contributed by atoms with Gasteiger partial charge in [-0.3, -0.25) is 0 Å². The molecular formula is C10H15O4P. The third-order valence-electron chi connectivity index (χ3n) is 1.78. The lowest BCUT2D eigenvalue weighted by molar-refractivity contribution is 0.309. The SMILES string of the molecule is CCCCOc1ccc(OP(O)O)cc1. The predicted octanol–water partition coefficient (Wildman–Crippen LogP) is 2.46. The number of hydrogen-bond donors (Lipinski definition) is 2. The summed E-state index contributed by atoms with van der Waals surface area (Å²) in [6, 6.07) is 6.76. The van der Waals surface area contributed by atoms with E-state index in [1.54, 1.807) is 24.3 Å². The van der Waals surface area contributed by atoms with Crippen LogP contribution in [0.4, 0.5) is 0 Å². The zero-order valence-electron chi connectivity index (χ0n) is 8.59. The van der Waals surface area contributed by atoms with Gasteiger partial charge >= 0.3 is 8.60 Å². The predicted molar refractivity (Wildman–Crippen MR) is 58.8 cm³/mol. The van der Waals surface area contributed by atoms with Gasteiger partial charge in [-0.15, -0.1) is 0 Å². The van der Waals surface area contributed by atoms with E-state index in [0.29, 0.717) is 12.4 Å². The third kappa shape index (κ3) is 4.98. The lowest BCUT2D eigenvalue weighted by atomic mass is 10.3. The first-order valence-corrected chi connectivity index (χ1v) is 5.97. The standard InChI is InChI=1S/C10H15O4P/c1-2-3-8-13-9-4-6-10(7-5-9)14-15(11)12/h4-7,11-12H,2-3,8H2,1H3. The molecule has 0 spiro atoms. The molecule has 0 radical (unpaired) electrons. The first-order chi connectivity index (χ1) is 7.22. The van der Waals surface area contributed by atoms with Gasteiger partial charge in [0.05, 0.1) is 6.61 Å². The zero-order valence-corrected chi connectivity index (χ0v) is 9.48. The van der Waals surface area contributed by atoms with Crippen LogP contribution in [0.3, 0.4) is 0 Å². The molecule has 0 amide bonds. The van der Waals surface area contributed by atoms with E-state index in [-0.39, 0.29) is 0 Å². The molecule has 0 aliphatic carbocycles. The Hall–Kier alpha value is -0.830. The summed E-state index contributed by atoms with van der Waals surface area (Å²) in [4.78, 5) is 17.2. The summed E-state index contributed by atoms with van der Waals surface area (Å²) in [5.74, 6) is 1.19. The molecule has 2 N–H and O–H groups in total. The molecule has 1 rings (SSSR count). The largest absolute Gasteiger partial charge is 0.494 e. The molecule has 0 bridgehead atoms. The summed E-state index contributed by atoms with van der Waals surface area (Å²) in [6.07, 6.45) is 2.12.